The third-order valence-electron chi connectivity index (χ3n) is 3.23. The van der Waals surface area contributed by atoms with Crippen LogP contribution in [0.15, 0.2) is 12.3 Å². The number of nitrogens with zero attached hydrogens (tertiary/aromatic N) is 2. The molecule has 2 heterocycles. The van der Waals surface area contributed by atoms with E-state index in [-0.39, 0.29) is 5.91 Å². The number of carbonyl (C=O) groups excluding carboxylic acids is 1. The number of hydrogen-bond donors (Lipinski definition) is 1. The lowest BCUT2D eigenvalue weighted by atomic mass is 10.1. The average molecular weight is 271 g/mol. The van der Waals surface area contributed by atoms with Crippen molar-refractivity contribution in [3.05, 3.63) is 23.0 Å². The number of amides is 1. The van der Waals surface area contributed by atoms with Gasteiger partial charge in [-0.15, -0.1) is 0 Å². The molecule has 0 unspecified atom stereocenters. The zero-order chi connectivity index (χ0) is 13.1. The fourth-order valence-corrected chi connectivity index (χ4v) is 2.60. The van der Waals surface area contributed by atoms with E-state index in [1.54, 1.807) is 17.2 Å². The van der Waals surface area contributed by atoms with E-state index in [4.69, 9.17) is 11.6 Å². The number of aliphatic hydroxyl groups is 1. The molecule has 1 aliphatic heterocycles. The van der Waals surface area contributed by atoms with E-state index >= 15 is 0 Å². The lowest BCUT2D eigenvalue weighted by Gasteiger charge is -2.30. The molecule has 1 amide bonds. The van der Waals surface area contributed by atoms with Crippen molar-refractivity contribution in [2.45, 2.75) is 38.8 Å². The van der Waals surface area contributed by atoms with Crippen LogP contribution >= 0.6 is 11.6 Å². The summed E-state index contributed by atoms with van der Waals surface area (Å²) in [7, 11) is 0. The Morgan fingerprint density at radius 3 is 3.06 bits per heavy atom. The van der Waals surface area contributed by atoms with Crippen LogP contribution in [-0.4, -0.2) is 39.7 Å². The Kier molecular flexibility index (Phi) is 4.30. The molecule has 5 heteroatoms. The highest BCUT2D eigenvalue weighted by molar-refractivity contribution is 6.31. The number of hydrogen-bond acceptors (Lipinski definition) is 2. The Bertz CT molecular complexity index is 431. The van der Waals surface area contributed by atoms with Crippen LogP contribution in [0.4, 0.5) is 0 Å². The van der Waals surface area contributed by atoms with Gasteiger partial charge < -0.3 is 14.6 Å². The molecule has 0 aromatic carbocycles. The molecule has 4 nitrogen and oxygen atoms in total. The largest absolute Gasteiger partial charge is 0.391 e. The number of aromatic nitrogens is 1. The lowest BCUT2D eigenvalue weighted by Crippen LogP contribution is -2.42. The Morgan fingerprint density at radius 2 is 2.39 bits per heavy atom. The number of halogens is 1. The zero-order valence-electron chi connectivity index (χ0n) is 10.6. The third kappa shape index (κ3) is 2.87. The number of aryl methyl sites for hydroxylation is 1. The van der Waals surface area contributed by atoms with E-state index in [9.17, 15) is 9.90 Å². The highest BCUT2D eigenvalue weighted by Gasteiger charge is 2.25. The van der Waals surface area contributed by atoms with E-state index in [1.165, 1.54) is 0 Å². The zero-order valence-corrected chi connectivity index (χ0v) is 11.4. The summed E-state index contributed by atoms with van der Waals surface area (Å²) in [4.78, 5) is 14.1. The van der Waals surface area contributed by atoms with Crippen LogP contribution in [-0.2, 0) is 6.54 Å². The first-order chi connectivity index (χ1) is 8.61. The monoisotopic (exact) mass is 270 g/mol. The molecule has 100 valence electrons. The molecule has 1 aliphatic rings. The van der Waals surface area contributed by atoms with Crippen LogP contribution in [0.1, 0.15) is 36.7 Å². The van der Waals surface area contributed by atoms with Gasteiger partial charge in [0.05, 0.1) is 11.1 Å². The molecule has 1 fully saturated rings. The van der Waals surface area contributed by atoms with Crippen LogP contribution in [0.3, 0.4) is 0 Å². The maximum Gasteiger partial charge on any atom is 0.270 e. The fraction of sp³-hybridized carbons (Fsp3) is 0.615. The highest BCUT2D eigenvalue weighted by atomic mass is 35.5. The van der Waals surface area contributed by atoms with Crippen molar-refractivity contribution < 1.29 is 9.90 Å². The summed E-state index contributed by atoms with van der Waals surface area (Å²) in [5.74, 6) is -0.0332. The minimum Gasteiger partial charge on any atom is -0.391 e. The summed E-state index contributed by atoms with van der Waals surface area (Å²) in [6.45, 7) is 3.98. The van der Waals surface area contributed by atoms with Gasteiger partial charge in [0.15, 0.2) is 0 Å². The maximum absolute atomic E-state index is 12.4. The van der Waals surface area contributed by atoms with Crippen molar-refractivity contribution in [2.75, 3.05) is 13.1 Å². The molecule has 1 aromatic heterocycles. The molecule has 0 saturated carbocycles. The van der Waals surface area contributed by atoms with Crippen molar-refractivity contribution >= 4 is 17.5 Å². The van der Waals surface area contributed by atoms with Crippen molar-refractivity contribution in [2.24, 2.45) is 0 Å². The van der Waals surface area contributed by atoms with Crippen molar-refractivity contribution in [3.63, 3.8) is 0 Å². The molecule has 1 N–H and O–H groups in total. The van der Waals surface area contributed by atoms with Crippen LogP contribution < -0.4 is 0 Å². The molecular weight excluding hydrogens is 252 g/mol. The molecule has 1 saturated heterocycles. The second kappa shape index (κ2) is 5.76. The van der Waals surface area contributed by atoms with E-state index in [0.717, 1.165) is 25.8 Å². The van der Waals surface area contributed by atoms with Gasteiger partial charge >= 0.3 is 0 Å². The highest BCUT2D eigenvalue weighted by Crippen LogP contribution is 2.19. The van der Waals surface area contributed by atoms with E-state index < -0.39 is 6.10 Å². The number of carbonyl (C=O) groups is 1. The summed E-state index contributed by atoms with van der Waals surface area (Å²) in [5, 5.41) is 10.2. The predicted molar refractivity (Wildman–Crippen MR) is 70.9 cm³/mol. The fourth-order valence-electron chi connectivity index (χ4n) is 2.38. The lowest BCUT2D eigenvalue weighted by molar-refractivity contribution is 0.0465. The van der Waals surface area contributed by atoms with Crippen LogP contribution in [0, 0.1) is 0 Å². The molecule has 1 atom stereocenters. The number of rotatable bonds is 3. The van der Waals surface area contributed by atoms with Crippen molar-refractivity contribution in [3.8, 4) is 0 Å². The minimum absolute atomic E-state index is 0.0332. The van der Waals surface area contributed by atoms with Gasteiger partial charge in [-0.25, -0.2) is 0 Å². The normalized spacial score (nSPS) is 20.2. The molecular formula is C13H19ClN2O2. The van der Waals surface area contributed by atoms with Gasteiger partial charge in [0.2, 0.25) is 0 Å². The number of β-amino-alcohol motifs (C(OH)–C–C–N with tert-alkyl or cyclic N) is 1. The van der Waals surface area contributed by atoms with Gasteiger partial charge in [-0.3, -0.25) is 4.79 Å². The first-order valence-corrected chi connectivity index (χ1v) is 6.82. The quantitative estimate of drug-likeness (QED) is 0.915. The first-order valence-electron chi connectivity index (χ1n) is 6.45. The maximum atomic E-state index is 12.4. The number of likely N-dealkylation sites (tertiary alicyclic amines) is 1. The summed E-state index contributed by atoms with van der Waals surface area (Å²) in [5.41, 5.74) is 0.621. The molecule has 1 aromatic rings. The van der Waals surface area contributed by atoms with Crippen molar-refractivity contribution in [1.82, 2.24) is 9.47 Å². The van der Waals surface area contributed by atoms with Gasteiger partial charge in [-0.1, -0.05) is 18.5 Å². The van der Waals surface area contributed by atoms with E-state index in [1.807, 2.05) is 4.57 Å². The first kappa shape index (κ1) is 13.4. The second-order valence-corrected chi connectivity index (χ2v) is 5.22. The van der Waals surface area contributed by atoms with Gasteiger partial charge in [0, 0.05) is 25.8 Å². The van der Waals surface area contributed by atoms with Crippen molar-refractivity contribution in [1.29, 1.82) is 0 Å². The molecule has 18 heavy (non-hydrogen) atoms. The van der Waals surface area contributed by atoms with Crippen LogP contribution in [0.5, 0.6) is 0 Å². The van der Waals surface area contributed by atoms with Gasteiger partial charge in [0.25, 0.3) is 5.91 Å². The average Bonchev–Trinajstić information content (AvgIpc) is 2.70. The molecule has 2 rings (SSSR count). The summed E-state index contributed by atoms with van der Waals surface area (Å²) >= 11 is 5.97. The summed E-state index contributed by atoms with van der Waals surface area (Å²) < 4.78 is 1.89. The molecule has 0 aliphatic carbocycles. The summed E-state index contributed by atoms with van der Waals surface area (Å²) in [6, 6.07) is 1.71. The standard InChI is InChI=1S/C13H19ClN2O2/c1-2-5-15-8-10(14)7-12(15)13(18)16-6-3-4-11(17)9-16/h7-8,11,17H,2-6,9H2,1H3/t11-/m0/s1. The summed E-state index contributed by atoms with van der Waals surface area (Å²) in [6.07, 6.45) is 3.98. The van der Waals surface area contributed by atoms with Crippen LogP contribution in [0.2, 0.25) is 5.02 Å². The van der Waals surface area contributed by atoms with E-state index in [0.29, 0.717) is 23.8 Å². The predicted octanol–water partition coefficient (Wildman–Crippen LogP) is 2.15. The number of aliphatic hydroxyl groups excluding tert-OH is 1. The Morgan fingerprint density at radius 1 is 1.61 bits per heavy atom. The Hall–Kier alpha value is -1.00. The SMILES string of the molecule is CCCn1cc(Cl)cc1C(=O)N1CCC[C@H](O)C1. The Balaban J connectivity index is 2.17. The second-order valence-electron chi connectivity index (χ2n) is 4.78. The smallest absolute Gasteiger partial charge is 0.270 e. The van der Waals surface area contributed by atoms with Gasteiger partial charge in [0.1, 0.15) is 5.69 Å². The van der Waals surface area contributed by atoms with E-state index in [2.05, 4.69) is 6.92 Å². The Labute approximate surface area is 112 Å². The molecule has 0 radical (unpaired) electrons. The van der Waals surface area contributed by atoms with Gasteiger partial charge in [-0.05, 0) is 25.3 Å². The third-order valence-corrected chi connectivity index (χ3v) is 3.44. The minimum atomic E-state index is -0.396. The van der Waals surface area contributed by atoms with Gasteiger partial charge in [-0.2, -0.15) is 0 Å². The number of piperidine rings is 1. The topological polar surface area (TPSA) is 45.5 Å². The molecule has 0 spiro atoms. The van der Waals surface area contributed by atoms with Crippen LogP contribution in [0.25, 0.3) is 0 Å². The molecule has 0 bridgehead atoms.